The Kier molecular flexibility index (Phi) is 2.70. The van der Waals surface area contributed by atoms with Crippen molar-refractivity contribution in [2.24, 2.45) is 0 Å². The van der Waals surface area contributed by atoms with E-state index in [9.17, 15) is 4.79 Å². The molecule has 2 aromatic heterocycles. The van der Waals surface area contributed by atoms with Crippen LogP contribution in [-0.4, -0.2) is 14.5 Å². The molecular formula is C17H17N3O. The van der Waals surface area contributed by atoms with Crippen molar-refractivity contribution in [1.29, 1.82) is 0 Å². The fourth-order valence-electron chi connectivity index (χ4n) is 2.96. The van der Waals surface area contributed by atoms with E-state index in [1.807, 2.05) is 31.3 Å². The zero-order valence-corrected chi connectivity index (χ0v) is 12.0. The second kappa shape index (κ2) is 4.58. The number of hydrogen-bond acceptors (Lipinski definition) is 2. The first-order valence-electron chi connectivity index (χ1n) is 7.39. The van der Waals surface area contributed by atoms with Crippen LogP contribution in [0.1, 0.15) is 30.9 Å². The first kappa shape index (κ1) is 12.4. The molecule has 21 heavy (non-hydrogen) atoms. The fraction of sp³-hybridized carbons (Fsp3) is 0.294. The van der Waals surface area contributed by atoms with Crippen LogP contribution in [0.15, 0.2) is 41.5 Å². The molecule has 0 spiro atoms. The summed E-state index contributed by atoms with van der Waals surface area (Å²) in [7, 11) is 0. The number of rotatable bonds is 2. The van der Waals surface area contributed by atoms with E-state index in [1.165, 1.54) is 19.3 Å². The Labute approximate surface area is 122 Å². The van der Waals surface area contributed by atoms with Crippen molar-refractivity contribution in [1.82, 2.24) is 14.5 Å². The molecule has 1 aliphatic carbocycles. The minimum atomic E-state index is -0.0696. The normalized spacial score (nSPS) is 15.3. The Morgan fingerprint density at radius 2 is 2.14 bits per heavy atom. The molecule has 2 heterocycles. The van der Waals surface area contributed by atoms with Gasteiger partial charge < -0.3 is 9.55 Å². The van der Waals surface area contributed by atoms with Crippen molar-refractivity contribution in [2.75, 3.05) is 0 Å². The summed E-state index contributed by atoms with van der Waals surface area (Å²) >= 11 is 0. The molecule has 1 aliphatic rings. The molecule has 0 saturated heterocycles. The van der Waals surface area contributed by atoms with Gasteiger partial charge in [0.25, 0.3) is 5.56 Å². The Bertz CT molecular complexity index is 871. The number of nitrogens with zero attached hydrogens (tertiary/aromatic N) is 2. The standard InChI is InChI=1S/C17H17N3O/c1-11-5-6-12-10-14(17(21)19-15(12)9-11)16-18-7-8-20(16)13-3-2-4-13/h5-10,13H,2-4H2,1H3,(H,19,21). The maximum Gasteiger partial charge on any atom is 0.259 e. The second-order valence-electron chi connectivity index (χ2n) is 5.85. The van der Waals surface area contributed by atoms with Gasteiger partial charge in [0.15, 0.2) is 0 Å². The van der Waals surface area contributed by atoms with Crippen LogP contribution in [0, 0.1) is 6.92 Å². The predicted molar refractivity (Wildman–Crippen MR) is 83.4 cm³/mol. The van der Waals surface area contributed by atoms with Gasteiger partial charge in [-0.1, -0.05) is 12.1 Å². The van der Waals surface area contributed by atoms with Gasteiger partial charge in [0.1, 0.15) is 5.82 Å². The lowest BCUT2D eigenvalue weighted by Crippen LogP contribution is -2.19. The summed E-state index contributed by atoms with van der Waals surface area (Å²) in [5.41, 5.74) is 2.61. The summed E-state index contributed by atoms with van der Waals surface area (Å²) in [6.45, 7) is 2.02. The average molecular weight is 279 g/mol. The Hall–Kier alpha value is -2.36. The van der Waals surface area contributed by atoms with Crippen LogP contribution >= 0.6 is 0 Å². The van der Waals surface area contributed by atoms with Gasteiger partial charge in [0.2, 0.25) is 0 Å². The highest BCUT2D eigenvalue weighted by atomic mass is 16.1. The summed E-state index contributed by atoms with van der Waals surface area (Å²) in [4.78, 5) is 19.8. The number of hydrogen-bond donors (Lipinski definition) is 1. The zero-order valence-electron chi connectivity index (χ0n) is 12.0. The zero-order chi connectivity index (χ0) is 14.4. The Balaban J connectivity index is 1.90. The molecule has 0 aliphatic heterocycles. The summed E-state index contributed by atoms with van der Waals surface area (Å²) < 4.78 is 2.15. The average Bonchev–Trinajstić information content (AvgIpc) is 2.84. The molecule has 4 rings (SSSR count). The summed E-state index contributed by atoms with van der Waals surface area (Å²) in [6.07, 6.45) is 7.38. The lowest BCUT2D eigenvalue weighted by atomic mass is 9.92. The summed E-state index contributed by atoms with van der Waals surface area (Å²) in [5, 5.41) is 1.04. The van der Waals surface area contributed by atoms with Gasteiger partial charge in [-0.2, -0.15) is 0 Å². The van der Waals surface area contributed by atoms with Gasteiger partial charge in [-0.25, -0.2) is 4.98 Å². The smallest absolute Gasteiger partial charge is 0.259 e. The highest BCUT2D eigenvalue weighted by molar-refractivity contribution is 5.83. The highest BCUT2D eigenvalue weighted by Gasteiger charge is 2.23. The van der Waals surface area contributed by atoms with E-state index in [0.29, 0.717) is 11.6 Å². The molecule has 4 nitrogen and oxygen atoms in total. The molecule has 0 radical (unpaired) electrons. The van der Waals surface area contributed by atoms with Crippen molar-refractivity contribution in [2.45, 2.75) is 32.2 Å². The third-order valence-electron chi connectivity index (χ3n) is 4.38. The molecular weight excluding hydrogens is 262 g/mol. The van der Waals surface area contributed by atoms with E-state index in [-0.39, 0.29) is 5.56 Å². The predicted octanol–water partition coefficient (Wildman–Crippen LogP) is 3.43. The van der Waals surface area contributed by atoms with Crippen LogP contribution in [0.4, 0.5) is 0 Å². The SMILES string of the molecule is Cc1ccc2cc(-c3nccn3C3CCC3)c(=O)[nH]c2c1. The minimum Gasteiger partial charge on any atom is -0.328 e. The lowest BCUT2D eigenvalue weighted by Gasteiger charge is -2.28. The maximum absolute atomic E-state index is 12.4. The number of aromatic nitrogens is 3. The molecule has 1 N–H and O–H groups in total. The van der Waals surface area contributed by atoms with Gasteiger partial charge >= 0.3 is 0 Å². The number of fused-ring (bicyclic) bond motifs is 1. The van der Waals surface area contributed by atoms with E-state index < -0.39 is 0 Å². The maximum atomic E-state index is 12.4. The van der Waals surface area contributed by atoms with Crippen LogP contribution in [0.3, 0.4) is 0 Å². The van der Waals surface area contributed by atoms with Crippen molar-refractivity contribution >= 4 is 10.9 Å². The van der Waals surface area contributed by atoms with E-state index >= 15 is 0 Å². The Morgan fingerprint density at radius 3 is 2.90 bits per heavy atom. The first-order chi connectivity index (χ1) is 10.2. The van der Waals surface area contributed by atoms with Gasteiger partial charge in [0.05, 0.1) is 5.56 Å². The number of benzene rings is 1. The van der Waals surface area contributed by atoms with E-state index in [1.54, 1.807) is 6.20 Å². The number of H-pyrrole nitrogens is 1. The molecule has 0 bridgehead atoms. The van der Waals surface area contributed by atoms with Gasteiger partial charge in [0, 0.05) is 24.0 Å². The molecule has 0 amide bonds. The van der Waals surface area contributed by atoms with Gasteiger partial charge in [-0.15, -0.1) is 0 Å². The number of nitrogens with one attached hydrogen (secondary N) is 1. The van der Waals surface area contributed by atoms with Crippen molar-refractivity contribution in [3.63, 3.8) is 0 Å². The summed E-state index contributed by atoms with van der Waals surface area (Å²) in [6, 6.07) is 8.55. The van der Waals surface area contributed by atoms with Crippen LogP contribution in [0.5, 0.6) is 0 Å². The summed E-state index contributed by atoms with van der Waals surface area (Å²) in [5.74, 6) is 0.781. The quantitative estimate of drug-likeness (QED) is 0.781. The van der Waals surface area contributed by atoms with Crippen LogP contribution in [0.25, 0.3) is 22.3 Å². The third kappa shape index (κ3) is 1.98. The molecule has 1 aromatic carbocycles. The fourth-order valence-corrected chi connectivity index (χ4v) is 2.96. The van der Waals surface area contributed by atoms with E-state index in [0.717, 1.165) is 22.3 Å². The third-order valence-corrected chi connectivity index (χ3v) is 4.38. The molecule has 1 saturated carbocycles. The lowest BCUT2D eigenvalue weighted by molar-refractivity contribution is 0.316. The second-order valence-corrected chi connectivity index (χ2v) is 5.85. The molecule has 0 atom stereocenters. The van der Waals surface area contributed by atoms with E-state index in [2.05, 4.69) is 20.6 Å². The molecule has 0 unspecified atom stereocenters. The minimum absolute atomic E-state index is 0.0696. The molecule has 1 fully saturated rings. The van der Waals surface area contributed by atoms with Crippen molar-refractivity contribution < 1.29 is 0 Å². The monoisotopic (exact) mass is 279 g/mol. The highest BCUT2D eigenvalue weighted by Crippen LogP contribution is 2.34. The Morgan fingerprint density at radius 1 is 1.29 bits per heavy atom. The van der Waals surface area contributed by atoms with Crippen LogP contribution in [0.2, 0.25) is 0 Å². The largest absolute Gasteiger partial charge is 0.328 e. The van der Waals surface area contributed by atoms with Gasteiger partial charge in [-0.05, 0) is 49.3 Å². The number of pyridine rings is 1. The van der Waals surface area contributed by atoms with Crippen molar-refractivity contribution in [3.8, 4) is 11.4 Å². The van der Waals surface area contributed by atoms with Crippen molar-refractivity contribution in [3.05, 3.63) is 52.6 Å². The van der Waals surface area contributed by atoms with E-state index in [4.69, 9.17) is 0 Å². The molecule has 106 valence electrons. The first-order valence-corrected chi connectivity index (χ1v) is 7.39. The van der Waals surface area contributed by atoms with Crippen LogP contribution < -0.4 is 5.56 Å². The molecule has 3 aromatic rings. The molecule has 4 heteroatoms. The number of aryl methyl sites for hydroxylation is 1. The van der Waals surface area contributed by atoms with Crippen LogP contribution in [-0.2, 0) is 0 Å². The van der Waals surface area contributed by atoms with Gasteiger partial charge in [-0.3, -0.25) is 4.79 Å². The number of aromatic amines is 1. The number of imidazole rings is 1. The topological polar surface area (TPSA) is 50.7 Å².